The number of likely N-dealkylation sites (tertiary alicyclic amines) is 2. The first kappa shape index (κ1) is 14.0. The number of carbonyl (C=O) groups is 1. The monoisotopic (exact) mass is 316 g/mol. The van der Waals surface area contributed by atoms with E-state index in [2.05, 4.69) is 21.7 Å². The normalized spacial score (nSPS) is 20.5. The van der Waals surface area contributed by atoms with Crippen LogP contribution < -0.4 is 0 Å². The lowest BCUT2D eigenvalue weighted by atomic mass is 9.79. The van der Waals surface area contributed by atoms with E-state index in [1.165, 1.54) is 12.0 Å². The second-order valence-electron chi connectivity index (χ2n) is 6.66. The zero-order chi connectivity index (χ0) is 15.2. The molecule has 2 aromatic rings. The molecule has 0 saturated carbocycles. The number of amides is 1. The topological polar surface area (TPSA) is 36.7 Å². The van der Waals surface area contributed by atoms with Crippen molar-refractivity contribution in [1.29, 1.82) is 0 Å². The van der Waals surface area contributed by atoms with Crippen LogP contribution in [0.3, 0.4) is 0 Å². The van der Waals surface area contributed by atoms with Crippen molar-refractivity contribution in [2.45, 2.75) is 19.9 Å². The molecular formula is C17H20N2O2S. The highest BCUT2D eigenvalue weighted by Crippen LogP contribution is 2.40. The SMILES string of the molecule is Cc1ccc(C(=O)N2CC3(CCN(Cc4ccsc4)C3)C2)o1. The fourth-order valence-electron chi connectivity index (χ4n) is 3.67. The number of carbonyl (C=O) groups excluding carboxylic acids is 1. The van der Waals surface area contributed by atoms with Crippen LogP contribution >= 0.6 is 11.3 Å². The lowest BCUT2D eigenvalue weighted by Crippen LogP contribution is -2.59. The molecule has 1 spiro atoms. The third kappa shape index (κ3) is 2.48. The van der Waals surface area contributed by atoms with Crippen molar-refractivity contribution in [3.8, 4) is 0 Å². The Bertz CT molecular complexity index is 671. The first-order valence-corrected chi connectivity index (χ1v) is 8.67. The highest BCUT2D eigenvalue weighted by Gasteiger charge is 2.49. The molecule has 0 unspecified atom stereocenters. The zero-order valence-corrected chi connectivity index (χ0v) is 13.6. The number of hydrogen-bond acceptors (Lipinski definition) is 4. The number of thiophene rings is 1. The van der Waals surface area contributed by atoms with Crippen LogP contribution in [0, 0.1) is 12.3 Å². The minimum Gasteiger partial charge on any atom is -0.456 e. The van der Waals surface area contributed by atoms with Crippen molar-refractivity contribution in [3.05, 3.63) is 46.0 Å². The van der Waals surface area contributed by atoms with Crippen LogP contribution in [-0.2, 0) is 6.54 Å². The first-order valence-electron chi connectivity index (χ1n) is 7.73. The van der Waals surface area contributed by atoms with Gasteiger partial charge in [-0.2, -0.15) is 11.3 Å². The summed E-state index contributed by atoms with van der Waals surface area (Å²) in [7, 11) is 0. The van der Waals surface area contributed by atoms with Gasteiger partial charge in [0.25, 0.3) is 5.91 Å². The highest BCUT2D eigenvalue weighted by atomic mass is 32.1. The molecule has 2 aliphatic rings. The third-order valence-corrected chi connectivity index (χ3v) is 5.53. The van der Waals surface area contributed by atoms with Gasteiger partial charge < -0.3 is 9.32 Å². The molecule has 116 valence electrons. The van der Waals surface area contributed by atoms with Gasteiger partial charge in [0, 0.05) is 31.6 Å². The third-order valence-electron chi connectivity index (χ3n) is 4.79. The maximum absolute atomic E-state index is 12.3. The fraction of sp³-hybridized carbons (Fsp3) is 0.471. The molecule has 2 aliphatic heterocycles. The summed E-state index contributed by atoms with van der Waals surface area (Å²) in [6, 6.07) is 5.83. The lowest BCUT2D eigenvalue weighted by Gasteiger charge is -2.47. The van der Waals surface area contributed by atoms with Gasteiger partial charge in [-0.15, -0.1) is 0 Å². The van der Waals surface area contributed by atoms with Crippen LogP contribution in [0.25, 0.3) is 0 Å². The van der Waals surface area contributed by atoms with E-state index in [1.807, 2.05) is 17.9 Å². The van der Waals surface area contributed by atoms with Crippen LogP contribution in [0.2, 0.25) is 0 Å². The van der Waals surface area contributed by atoms with E-state index in [1.54, 1.807) is 17.4 Å². The Labute approximate surface area is 134 Å². The second-order valence-corrected chi connectivity index (χ2v) is 7.44. The largest absolute Gasteiger partial charge is 0.456 e. The molecule has 0 aliphatic carbocycles. The Balaban J connectivity index is 1.34. The predicted molar refractivity (Wildman–Crippen MR) is 86.0 cm³/mol. The van der Waals surface area contributed by atoms with E-state index in [-0.39, 0.29) is 5.91 Å². The zero-order valence-electron chi connectivity index (χ0n) is 12.7. The molecular weight excluding hydrogens is 296 g/mol. The molecule has 1 amide bonds. The summed E-state index contributed by atoms with van der Waals surface area (Å²) < 4.78 is 5.44. The first-order chi connectivity index (χ1) is 10.6. The van der Waals surface area contributed by atoms with E-state index < -0.39 is 0 Å². The minimum atomic E-state index is 0.0370. The summed E-state index contributed by atoms with van der Waals surface area (Å²) in [5.74, 6) is 1.30. The van der Waals surface area contributed by atoms with Crippen molar-refractivity contribution < 1.29 is 9.21 Å². The summed E-state index contributed by atoms with van der Waals surface area (Å²) in [5, 5.41) is 4.36. The Morgan fingerprint density at radius 1 is 1.32 bits per heavy atom. The lowest BCUT2D eigenvalue weighted by molar-refractivity contribution is 0.00793. The molecule has 2 fully saturated rings. The molecule has 2 aromatic heterocycles. The molecule has 0 bridgehead atoms. The van der Waals surface area contributed by atoms with Gasteiger partial charge in [-0.05, 0) is 54.4 Å². The quantitative estimate of drug-likeness (QED) is 0.873. The molecule has 0 radical (unpaired) electrons. The maximum atomic E-state index is 12.3. The van der Waals surface area contributed by atoms with Crippen molar-refractivity contribution >= 4 is 17.2 Å². The van der Waals surface area contributed by atoms with E-state index in [0.717, 1.165) is 38.5 Å². The molecule has 5 heteroatoms. The average Bonchev–Trinajstić information content (AvgIpc) is 3.17. The Morgan fingerprint density at radius 2 is 2.18 bits per heavy atom. The molecule has 0 N–H and O–H groups in total. The molecule has 2 saturated heterocycles. The molecule has 22 heavy (non-hydrogen) atoms. The van der Waals surface area contributed by atoms with Gasteiger partial charge in [0.2, 0.25) is 0 Å². The van der Waals surface area contributed by atoms with Gasteiger partial charge in [0.05, 0.1) is 0 Å². The number of rotatable bonds is 3. The molecule has 0 atom stereocenters. The molecule has 4 nitrogen and oxygen atoms in total. The Morgan fingerprint density at radius 3 is 2.86 bits per heavy atom. The van der Waals surface area contributed by atoms with Gasteiger partial charge in [-0.3, -0.25) is 9.69 Å². The minimum absolute atomic E-state index is 0.0370. The number of furan rings is 1. The van der Waals surface area contributed by atoms with Crippen molar-refractivity contribution in [1.82, 2.24) is 9.80 Å². The van der Waals surface area contributed by atoms with Crippen LogP contribution in [0.5, 0.6) is 0 Å². The Kier molecular flexibility index (Phi) is 3.35. The predicted octanol–water partition coefficient (Wildman–Crippen LogP) is 3.00. The summed E-state index contributed by atoms with van der Waals surface area (Å²) >= 11 is 1.76. The number of hydrogen-bond donors (Lipinski definition) is 0. The van der Waals surface area contributed by atoms with Crippen molar-refractivity contribution in [3.63, 3.8) is 0 Å². The van der Waals surface area contributed by atoms with Crippen LogP contribution in [0.4, 0.5) is 0 Å². The molecule has 0 aromatic carbocycles. The molecule has 4 rings (SSSR count). The summed E-state index contributed by atoms with van der Waals surface area (Å²) in [6.45, 7) is 6.88. The van der Waals surface area contributed by atoms with Gasteiger partial charge in [0.1, 0.15) is 5.76 Å². The molecule has 4 heterocycles. The van der Waals surface area contributed by atoms with E-state index in [0.29, 0.717) is 11.2 Å². The number of aryl methyl sites for hydroxylation is 1. The fourth-order valence-corrected chi connectivity index (χ4v) is 4.33. The van der Waals surface area contributed by atoms with Crippen LogP contribution in [0.1, 0.15) is 28.3 Å². The van der Waals surface area contributed by atoms with Gasteiger partial charge >= 0.3 is 0 Å². The smallest absolute Gasteiger partial charge is 0.289 e. The summed E-state index contributed by atoms with van der Waals surface area (Å²) in [6.07, 6.45) is 1.19. The summed E-state index contributed by atoms with van der Waals surface area (Å²) in [4.78, 5) is 16.8. The highest BCUT2D eigenvalue weighted by molar-refractivity contribution is 7.07. The number of nitrogens with zero attached hydrogens (tertiary/aromatic N) is 2. The maximum Gasteiger partial charge on any atom is 0.289 e. The van der Waals surface area contributed by atoms with E-state index in [9.17, 15) is 4.79 Å². The van der Waals surface area contributed by atoms with Crippen molar-refractivity contribution in [2.75, 3.05) is 26.2 Å². The van der Waals surface area contributed by atoms with Gasteiger partial charge in [-0.1, -0.05) is 0 Å². The van der Waals surface area contributed by atoms with Gasteiger partial charge in [0.15, 0.2) is 5.76 Å². The second kappa shape index (κ2) is 5.25. The average molecular weight is 316 g/mol. The van der Waals surface area contributed by atoms with Crippen molar-refractivity contribution in [2.24, 2.45) is 5.41 Å². The van der Waals surface area contributed by atoms with Crippen LogP contribution in [0.15, 0.2) is 33.4 Å². The van der Waals surface area contributed by atoms with Gasteiger partial charge in [-0.25, -0.2) is 0 Å². The summed E-state index contributed by atoms with van der Waals surface area (Å²) in [5.41, 5.74) is 1.72. The Hall–Kier alpha value is -1.59. The van der Waals surface area contributed by atoms with E-state index in [4.69, 9.17) is 4.42 Å². The van der Waals surface area contributed by atoms with E-state index >= 15 is 0 Å². The standard InChI is InChI=1S/C17H20N2O2S/c1-13-2-3-15(21-13)16(20)19-11-17(12-19)5-6-18(10-17)8-14-4-7-22-9-14/h2-4,7,9H,5-6,8,10-12H2,1H3. The van der Waals surface area contributed by atoms with Crippen LogP contribution in [-0.4, -0.2) is 41.9 Å².